The molecule has 26 heavy (non-hydrogen) atoms. The van der Waals surface area contributed by atoms with Gasteiger partial charge in [-0.25, -0.2) is 4.79 Å². The molecule has 6 atom stereocenters. The number of ether oxygens (including phenoxy) is 4. The maximum Gasteiger partial charge on any atom is 0.330 e. The van der Waals surface area contributed by atoms with Gasteiger partial charge in [-0.1, -0.05) is 12.5 Å². The monoisotopic (exact) mass is 374 g/mol. The van der Waals surface area contributed by atoms with E-state index < -0.39 is 6.10 Å². The molecule has 152 valence electrons. The lowest BCUT2D eigenvalue weighted by Crippen LogP contribution is -2.39. The lowest BCUT2D eigenvalue weighted by Gasteiger charge is -2.34. The van der Waals surface area contributed by atoms with Crippen molar-refractivity contribution >= 4 is 5.97 Å². The van der Waals surface area contributed by atoms with Crippen LogP contribution in [0.15, 0.2) is 11.6 Å². The summed E-state index contributed by atoms with van der Waals surface area (Å²) in [6.45, 7) is 3.60. The van der Waals surface area contributed by atoms with E-state index >= 15 is 0 Å². The van der Waals surface area contributed by atoms with Crippen LogP contribution in [0.1, 0.15) is 39.5 Å². The van der Waals surface area contributed by atoms with E-state index in [1.54, 1.807) is 28.3 Å². The molecule has 1 heterocycles. The van der Waals surface area contributed by atoms with Gasteiger partial charge in [0.2, 0.25) is 0 Å². The van der Waals surface area contributed by atoms with Crippen LogP contribution in [0.4, 0.5) is 0 Å². The third-order valence-electron chi connectivity index (χ3n) is 4.99. The van der Waals surface area contributed by atoms with Gasteiger partial charge < -0.3 is 29.2 Å². The summed E-state index contributed by atoms with van der Waals surface area (Å²) in [5.41, 5.74) is 0.950. The number of aliphatic hydroxyl groups is 2. The molecule has 0 aromatic rings. The summed E-state index contributed by atoms with van der Waals surface area (Å²) in [4.78, 5) is 12.0. The van der Waals surface area contributed by atoms with Gasteiger partial charge in [0.05, 0.1) is 31.0 Å². The van der Waals surface area contributed by atoms with Crippen LogP contribution in [-0.2, 0) is 23.7 Å². The number of carbonyl (C=O) groups excluding carboxylic acids is 1. The normalized spacial score (nSPS) is 23.6. The molecule has 7 heteroatoms. The molecule has 0 radical (unpaired) electrons. The average molecular weight is 374 g/mol. The molecule has 0 spiro atoms. The Morgan fingerprint density at radius 2 is 1.81 bits per heavy atom. The van der Waals surface area contributed by atoms with Gasteiger partial charge in [0.15, 0.2) is 0 Å². The van der Waals surface area contributed by atoms with Crippen LogP contribution >= 0.6 is 0 Å². The van der Waals surface area contributed by atoms with Crippen molar-refractivity contribution in [2.75, 3.05) is 27.9 Å². The number of carbonyl (C=O) groups is 1. The topological polar surface area (TPSA) is 94.5 Å². The van der Waals surface area contributed by atoms with Crippen molar-refractivity contribution in [2.24, 2.45) is 5.92 Å². The highest BCUT2D eigenvalue weighted by Crippen LogP contribution is 2.30. The molecule has 1 aliphatic heterocycles. The van der Waals surface area contributed by atoms with E-state index in [2.05, 4.69) is 0 Å². The van der Waals surface area contributed by atoms with Crippen molar-refractivity contribution in [3.8, 4) is 0 Å². The smallest absolute Gasteiger partial charge is 0.330 e. The lowest BCUT2D eigenvalue weighted by molar-refractivity contribution is -0.151. The largest absolute Gasteiger partial charge is 0.458 e. The number of hydrogen-bond acceptors (Lipinski definition) is 7. The van der Waals surface area contributed by atoms with E-state index in [-0.39, 0.29) is 42.9 Å². The quantitative estimate of drug-likeness (QED) is 0.499. The summed E-state index contributed by atoms with van der Waals surface area (Å²) in [5.74, 6) is -0.426. The number of aliphatic hydroxyl groups excluding tert-OH is 2. The minimum Gasteiger partial charge on any atom is -0.458 e. The van der Waals surface area contributed by atoms with E-state index in [4.69, 9.17) is 18.9 Å². The van der Waals surface area contributed by atoms with E-state index in [9.17, 15) is 15.0 Å². The number of methoxy groups -OCH3 is 3. The zero-order valence-electron chi connectivity index (χ0n) is 16.5. The zero-order valence-corrected chi connectivity index (χ0v) is 16.5. The third-order valence-corrected chi connectivity index (χ3v) is 4.99. The third kappa shape index (κ3) is 7.32. The minimum absolute atomic E-state index is 0.0605. The van der Waals surface area contributed by atoms with Crippen LogP contribution in [-0.4, -0.2) is 74.6 Å². The Morgan fingerprint density at radius 1 is 1.15 bits per heavy atom. The second kappa shape index (κ2) is 11.7. The van der Waals surface area contributed by atoms with Crippen LogP contribution in [0, 0.1) is 5.92 Å². The Hall–Kier alpha value is -0.990. The molecule has 0 fully saturated rings. The molecule has 2 N–H and O–H groups in total. The van der Waals surface area contributed by atoms with Crippen LogP contribution in [0.3, 0.4) is 0 Å². The van der Waals surface area contributed by atoms with Crippen molar-refractivity contribution in [1.29, 1.82) is 0 Å². The summed E-state index contributed by atoms with van der Waals surface area (Å²) in [6.07, 6.45) is 2.27. The molecule has 0 saturated carbocycles. The second-order valence-electron chi connectivity index (χ2n) is 7.04. The highest BCUT2D eigenvalue weighted by Gasteiger charge is 2.33. The first kappa shape index (κ1) is 23.0. The van der Waals surface area contributed by atoms with Gasteiger partial charge in [-0.2, -0.15) is 0 Å². The maximum atomic E-state index is 12.0. The fourth-order valence-corrected chi connectivity index (χ4v) is 3.35. The summed E-state index contributed by atoms with van der Waals surface area (Å²) < 4.78 is 21.7. The molecule has 1 unspecified atom stereocenters. The SMILES string of the molecule is COC(CC1=CC(=O)O[C@@H]([C@H](C)[C@@H](C[C@H](CO)OC)OC)C1)C[C@@H](C)O. The molecule has 0 aromatic carbocycles. The van der Waals surface area contributed by atoms with Gasteiger partial charge in [-0.05, 0) is 19.8 Å². The Labute approximate surface area is 156 Å². The fourth-order valence-electron chi connectivity index (χ4n) is 3.35. The first-order chi connectivity index (χ1) is 12.3. The number of esters is 1. The highest BCUT2D eigenvalue weighted by molar-refractivity contribution is 5.83. The van der Waals surface area contributed by atoms with Gasteiger partial charge in [-0.15, -0.1) is 0 Å². The Morgan fingerprint density at radius 3 is 2.31 bits per heavy atom. The van der Waals surface area contributed by atoms with Gasteiger partial charge in [-0.3, -0.25) is 0 Å². The molecule has 0 aliphatic carbocycles. The van der Waals surface area contributed by atoms with Crippen molar-refractivity contribution in [1.82, 2.24) is 0 Å². The van der Waals surface area contributed by atoms with E-state index in [1.165, 1.54) is 6.08 Å². The Bertz CT molecular complexity index is 445. The van der Waals surface area contributed by atoms with E-state index in [0.717, 1.165) is 5.57 Å². The first-order valence-corrected chi connectivity index (χ1v) is 9.11. The Kier molecular flexibility index (Phi) is 10.3. The highest BCUT2D eigenvalue weighted by atomic mass is 16.5. The average Bonchev–Trinajstić information content (AvgIpc) is 2.61. The molecule has 1 rings (SSSR count). The van der Waals surface area contributed by atoms with Crippen molar-refractivity contribution in [3.63, 3.8) is 0 Å². The Balaban J connectivity index is 2.75. The zero-order chi connectivity index (χ0) is 19.7. The van der Waals surface area contributed by atoms with E-state index in [0.29, 0.717) is 25.7 Å². The standard InChI is InChI=1S/C19H34O7/c1-12(21)6-15(23-3)7-14-8-18(26-19(22)9-14)13(2)17(25-5)10-16(11-20)24-4/h9,12-13,15-18,20-21H,6-8,10-11H2,1-5H3/t12-,13-,15?,16-,17-,18-/m1/s1. The molecule has 7 nitrogen and oxygen atoms in total. The molecular weight excluding hydrogens is 340 g/mol. The van der Waals surface area contributed by atoms with Crippen molar-refractivity contribution in [3.05, 3.63) is 11.6 Å². The van der Waals surface area contributed by atoms with E-state index in [1.807, 2.05) is 6.92 Å². The number of cyclic esters (lactones) is 1. The minimum atomic E-state index is -0.465. The van der Waals surface area contributed by atoms with Crippen LogP contribution in [0.5, 0.6) is 0 Å². The molecule has 1 aliphatic rings. The fraction of sp³-hybridized carbons (Fsp3) is 0.842. The van der Waals surface area contributed by atoms with Crippen molar-refractivity contribution in [2.45, 2.75) is 70.1 Å². The number of rotatable bonds is 12. The van der Waals surface area contributed by atoms with Gasteiger partial charge in [0.1, 0.15) is 6.10 Å². The molecule has 0 amide bonds. The predicted octanol–water partition coefficient (Wildman–Crippen LogP) is 1.45. The van der Waals surface area contributed by atoms with Crippen LogP contribution in [0.2, 0.25) is 0 Å². The molecule has 0 bridgehead atoms. The summed E-state index contributed by atoms with van der Waals surface area (Å²) in [5, 5.41) is 18.9. The summed E-state index contributed by atoms with van der Waals surface area (Å²) in [7, 11) is 4.76. The summed E-state index contributed by atoms with van der Waals surface area (Å²) >= 11 is 0. The van der Waals surface area contributed by atoms with Gasteiger partial charge in [0.25, 0.3) is 0 Å². The van der Waals surface area contributed by atoms with Crippen molar-refractivity contribution < 1.29 is 34.0 Å². The first-order valence-electron chi connectivity index (χ1n) is 9.11. The second-order valence-corrected chi connectivity index (χ2v) is 7.04. The predicted molar refractivity (Wildman–Crippen MR) is 96.8 cm³/mol. The van der Waals surface area contributed by atoms with Crippen LogP contribution < -0.4 is 0 Å². The molecule has 0 saturated heterocycles. The van der Waals surface area contributed by atoms with Crippen LogP contribution in [0.25, 0.3) is 0 Å². The summed E-state index contributed by atoms with van der Waals surface area (Å²) in [6, 6.07) is 0. The molecular formula is C19H34O7. The maximum absolute atomic E-state index is 12.0. The lowest BCUT2D eigenvalue weighted by atomic mass is 9.87. The van der Waals surface area contributed by atoms with Gasteiger partial charge in [0, 0.05) is 46.2 Å². The molecule has 0 aromatic heterocycles. The number of hydrogen-bond donors (Lipinski definition) is 2. The van der Waals surface area contributed by atoms with Gasteiger partial charge >= 0.3 is 5.97 Å².